The molecule has 2 rings (SSSR count). The van der Waals surface area contributed by atoms with Crippen molar-refractivity contribution in [1.29, 1.82) is 0 Å². The Morgan fingerprint density at radius 2 is 2.00 bits per heavy atom. The van der Waals surface area contributed by atoms with Gasteiger partial charge in [0.15, 0.2) is 0 Å². The van der Waals surface area contributed by atoms with E-state index in [1.54, 1.807) is 0 Å². The lowest BCUT2D eigenvalue weighted by Crippen LogP contribution is -2.44. The Bertz CT molecular complexity index is 441. The minimum absolute atomic E-state index is 0.311. The molecule has 1 heterocycles. The third-order valence-corrected chi connectivity index (χ3v) is 3.97. The molecule has 0 spiro atoms. The maximum absolute atomic E-state index is 10.2. The molecule has 1 aromatic rings. The number of piperidine rings is 1. The summed E-state index contributed by atoms with van der Waals surface area (Å²) in [6, 6.07) is 6.13. The maximum atomic E-state index is 10.2. The predicted octanol–water partition coefficient (Wildman–Crippen LogP) is 2.54. The molecule has 4 nitrogen and oxygen atoms in total. The molecule has 4 heteroatoms. The molecule has 2 atom stereocenters. The molecule has 2 unspecified atom stereocenters. The fourth-order valence-electron chi connectivity index (χ4n) is 3.11. The van der Waals surface area contributed by atoms with Gasteiger partial charge in [0.05, 0.1) is 6.10 Å². The Labute approximate surface area is 134 Å². The summed E-state index contributed by atoms with van der Waals surface area (Å²) in [6.45, 7) is 9.82. The van der Waals surface area contributed by atoms with E-state index in [1.165, 1.54) is 11.1 Å². The van der Waals surface area contributed by atoms with Crippen LogP contribution in [0, 0.1) is 13.8 Å². The second kappa shape index (κ2) is 8.51. The van der Waals surface area contributed by atoms with Gasteiger partial charge in [-0.1, -0.05) is 6.07 Å². The number of likely N-dealkylation sites (tertiary alicyclic amines) is 1. The van der Waals surface area contributed by atoms with Crippen LogP contribution in [-0.4, -0.2) is 55.1 Å². The number of aliphatic hydroxyl groups is 1. The van der Waals surface area contributed by atoms with Crippen LogP contribution in [0.1, 0.15) is 30.9 Å². The first-order valence-electron chi connectivity index (χ1n) is 8.30. The van der Waals surface area contributed by atoms with Crippen molar-refractivity contribution in [2.75, 3.05) is 32.8 Å². The molecular weight excluding hydrogens is 278 g/mol. The van der Waals surface area contributed by atoms with Crippen molar-refractivity contribution >= 4 is 0 Å². The summed E-state index contributed by atoms with van der Waals surface area (Å²) in [5, 5.41) is 10.2. The van der Waals surface area contributed by atoms with Gasteiger partial charge in [-0.15, -0.1) is 0 Å². The summed E-state index contributed by atoms with van der Waals surface area (Å²) in [7, 11) is 0. The van der Waals surface area contributed by atoms with Crippen molar-refractivity contribution in [2.45, 2.75) is 45.8 Å². The van der Waals surface area contributed by atoms with Gasteiger partial charge in [0.2, 0.25) is 0 Å². The summed E-state index contributed by atoms with van der Waals surface area (Å²) in [6.07, 6.45) is 2.10. The van der Waals surface area contributed by atoms with Crippen LogP contribution in [-0.2, 0) is 4.74 Å². The molecule has 0 amide bonds. The van der Waals surface area contributed by atoms with Crippen molar-refractivity contribution in [1.82, 2.24) is 4.90 Å². The summed E-state index contributed by atoms with van der Waals surface area (Å²) in [5.41, 5.74) is 2.36. The largest absolute Gasteiger partial charge is 0.491 e. The number of aliphatic hydroxyl groups excluding tert-OH is 1. The Kier molecular flexibility index (Phi) is 6.68. The normalized spacial score (nSPS) is 20.8. The number of rotatable bonds is 7. The number of β-amino-alcohol motifs (C(OH)–C–C–N with tert-alkyl or cyclic N) is 1. The predicted molar refractivity (Wildman–Crippen MR) is 88.5 cm³/mol. The molecule has 22 heavy (non-hydrogen) atoms. The summed E-state index contributed by atoms with van der Waals surface area (Å²) >= 11 is 0. The van der Waals surface area contributed by atoms with Crippen molar-refractivity contribution in [2.24, 2.45) is 0 Å². The third kappa shape index (κ3) is 5.59. The monoisotopic (exact) mass is 307 g/mol. The molecule has 1 aliphatic rings. The second-order valence-electron chi connectivity index (χ2n) is 6.27. The van der Waals surface area contributed by atoms with Crippen LogP contribution < -0.4 is 4.74 Å². The average Bonchev–Trinajstić information content (AvgIpc) is 2.45. The van der Waals surface area contributed by atoms with Gasteiger partial charge in [0, 0.05) is 19.7 Å². The Morgan fingerprint density at radius 3 is 2.68 bits per heavy atom. The van der Waals surface area contributed by atoms with E-state index < -0.39 is 6.10 Å². The standard InChI is InChI=1S/C18H29NO3/c1-4-21-17-6-5-7-19(12-17)11-16(20)13-22-18-9-14(2)8-15(3)10-18/h8-10,16-17,20H,4-7,11-13H2,1-3H3. The first-order valence-corrected chi connectivity index (χ1v) is 8.30. The molecule has 1 saturated heterocycles. The Morgan fingerprint density at radius 1 is 1.27 bits per heavy atom. The van der Waals surface area contributed by atoms with Gasteiger partial charge in [-0.3, -0.25) is 4.90 Å². The first kappa shape index (κ1) is 17.3. The van der Waals surface area contributed by atoms with E-state index in [-0.39, 0.29) is 0 Å². The van der Waals surface area contributed by atoms with Crippen molar-refractivity contribution in [3.63, 3.8) is 0 Å². The zero-order chi connectivity index (χ0) is 15.9. The number of ether oxygens (including phenoxy) is 2. The van der Waals surface area contributed by atoms with Gasteiger partial charge < -0.3 is 14.6 Å². The summed E-state index contributed by atoms with van der Waals surface area (Å²) in [5.74, 6) is 0.836. The van der Waals surface area contributed by atoms with Crippen LogP contribution in [0.4, 0.5) is 0 Å². The minimum atomic E-state index is -0.471. The van der Waals surface area contributed by atoms with Crippen molar-refractivity contribution < 1.29 is 14.6 Å². The van der Waals surface area contributed by atoms with Crippen LogP contribution >= 0.6 is 0 Å². The highest BCUT2D eigenvalue weighted by Crippen LogP contribution is 2.17. The van der Waals surface area contributed by atoms with Gasteiger partial charge in [0.1, 0.15) is 18.5 Å². The molecule has 124 valence electrons. The van der Waals surface area contributed by atoms with E-state index in [0.717, 1.165) is 38.3 Å². The SMILES string of the molecule is CCOC1CCCN(CC(O)COc2cc(C)cc(C)c2)C1. The fourth-order valence-corrected chi connectivity index (χ4v) is 3.11. The number of hydrogen-bond donors (Lipinski definition) is 1. The Balaban J connectivity index is 1.76. The zero-order valence-electron chi connectivity index (χ0n) is 14.0. The molecular formula is C18H29NO3. The molecule has 1 N–H and O–H groups in total. The molecule has 0 bridgehead atoms. The van der Waals surface area contributed by atoms with E-state index >= 15 is 0 Å². The number of nitrogens with zero attached hydrogens (tertiary/aromatic N) is 1. The van der Waals surface area contributed by atoms with E-state index in [0.29, 0.717) is 19.3 Å². The summed E-state index contributed by atoms with van der Waals surface area (Å²) in [4.78, 5) is 2.28. The fraction of sp³-hybridized carbons (Fsp3) is 0.667. The number of benzene rings is 1. The van der Waals surface area contributed by atoms with E-state index in [2.05, 4.69) is 24.8 Å². The van der Waals surface area contributed by atoms with E-state index in [4.69, 9.17) is 9.47 Å². The van der Waals surface area contributed by atoms with Gasteiger partial charge in [-0.05, 0) is 63.4 Å². The Hall–Kier alpha value is -1.10. The van der Waals surface area contributed by atoms with Crippen LogP contribution in [0.2, 0.25) is 0 Å². The molecule has 1 aromatic carbocycles. The van der Waals surface area contributed by atoms with Crippen molar-refractivity contribution in [3.05, 3.63) is 29.3 Å². The number of aryl methyl sites for hydroxylation is 2. The zero-order valence-corrected chi connectivity index (χ0v) is 14.0. The quantitative estimate of drug-likeness (QED) is 0.840. The topological polar surface area (TPSA) is 41.9 Å². The van der Waals surface area contributed by atoms with Crippen LogP contribution in [0.5, 0.6) is 5.75 Å². The third-order valence-electron chi connectivity index (χ3n) is 3.97. The lowest BCUT2D eigenvalue weighted by molar-refractivity contribution is -0.0123. The average molecular weight is 307 g/mol. The molecule has 0 aliphatic carbocycles. The van der Waals surface area contributed by atoms with Crippen LogP contribution in [0.25, 0.3) is 0 Å². The van der Waals surface area contributed by atoms with Gasteiger partial charge in [0.25, 0.3) is 0 Å². The molecule has 0 saturated carbocycles. The highest BCUT2D eigenvalue weighted by Gasteiger charge is 2.22. The smallest absolute Gasteiger partial charge is 0.119 e. The van der Waals surface area contributed by atoms with Gasteiger partial charge in [-0.2, -0.15) is 0 Å². The van der Waals surface area contributed by atoms with E-state index in [1.807, 2.05) is 19.1 Å². The van der Waals surface area contributed by atoms with Gasteiger partial charge >= 0.3 is 0 Å². The molecule has 1 aliphatic heterocycles. The van der Waals surface area contributed by atoms with Crippen LogP contribution in [0.3, 0.4) is 0 Å². The lowest BCUT2D eigenvalue weighted by atomic mass is 10.1. The number of hydrogen-bond acceptors (Lipinski definition) is 4. The molecule has 0 aromatic heterocycles. The van der Waals surface area contributed by atoms with Crippen molar-refractivity contribution in [3.8, 4) is 5.75 Å². The first-order chi connectivity index (χ1) is 10.6. The minimum Gasteiger partial charge on any atom is -0.491 e. The summed E-state index contributed by atoms with van der Waals surface area (Å²) < 4.78 is 11.4. The van der Waals surface area contributed by atoms with Gasteiger partial charge in [-0.25, -0.2) is 0 Å². The molecule has 1 fully saturated rings. The maximum Gasteiger partial charge on any atom is 0.119 e. The van der Waals surface area contributed by atoms with Crippen LogP contribution in [0.15, 0.2) is 18.2 Å². The highest BCUT2D eigenvalue weighted by molar-refractivity contribution is 5.32. The van der Waals surface area contributed by atoms with E-state index in [9.17, 15) is 5.11 Å². The lowest BCUT2D eigenvalue weighted by Gasteiger charge is -2.33. The second-order valence-corrected chi connectivity index (χ2v) is 6.27. The molecule has 0 radical (unpaired) electrons. The highest BCUT2D eigenvalue weighted by atomic mass is 16.5.